The minimum Gasteiger partial charge on any atom is -0.328 e. The average molecular weight is 270 g/mol. The molecule has 1 heterocycles. The number of amides is 1. The topological polar surface area (TPSA) is 32.3 Å². The maximum absolute atomic E-state index is 12.3. The van der Waals surface area contributed by atoms with Gasteiger partial charge >= 0.3 is 0 Å². The molecule has 0 radical (unpaired) electrons. The zero-order valence-electron chi connectivity index (χ0n) is 12.2. The zero-order valence-corrected chi connectivity index (χ0v) is 12.2. The van der Waals surface area contributed by atoms with Crippen LogP contribution >= 0.6 is 0 Å². The third-order valence-corrected chi connectivity index (χ3v) is 3.55. The molecule has 3 nitrogen and oxygen atoms in total. The van der Waals surface area contributed by atoms with Crippen molar-refractivity contribution in [2.24, 2.45) is 0 Å². The van der Waals surface area contributed by atoms with Gasteiger partial charge in [0.15, 0.2) is 0 Å². The minimum absolute atomic E-state index is 0.0856. The highest BCUT2D eigenvalue weighted by atomic mass is 16.2. The Morgan fingerprint density at radius 2 is 2.15 bits per heavy atom. The average Bonchev–Trinajstić information content (AvgIpc) is 2.96. The number of carbonyl (C=O) groups is 1. The van der Waals surface area contributed by atoms with Crippen LogP contribution in [0.4, 0.5) is 0 Å². The Morgan fingerprint density at radius 1 is 1.40 bits per heavy atom. The molecule has 1 aliphatic heterocycles. The molecule has 0 aliphatic carbocycles. The predicted octanol–water partition coefficient (Wildman–Crippen LogP) is 2.03. The Balaban J connectivity index is 2.01. The predicted molar refractivity (Wildman–Crippen MR) is 81.2 cm³/mol. The second-order valence-corrected chi connectivity index (χ2v) is 5.46. The number of carbonyl (C=O) groups excluding carboxylic acids is 1. The molecule has 0 spiro atoms. The highest BCUT2D eigenvalue weighted by Gasteiger charge is 2.22. The summed E-state index contributed by atoms with van der Waals surface area (Å²) in [4.78, 5) is 14.1. The van der Waals surface area contributed by atoms with Crippen molar-refractivity contribution in [1.29, 1.82) is 0 Å². The standard InChI is InChI=1S/C17H22N2O/c1-14(2)19(13-16-9-6-12-18-16)17(20)11-10-15-7-4-3-5-8-15/h3-5,7-8,14,16,18H,6,9,12-13H2,1-2H3. The number of nitrogens with zero attached hydrogens (tertiary/aromatic N) is 1. The summed E-state index contributed by atoms with van der Waals surface area (Å²) in [7, 11) is 0. The van der Waals surface area contributed by atoms with E-state index in [1.54, 1.807) is 0 Å². The summed E-state index contributed by atoms with van der Waals surface area (Å²) in [6.45, 7) is 5.88. The summed E-state index contributed by atoms with van der Waals surface area (Å²) in [6.07, 6.45) is 2.34. The first-order valence-corrected chi connectivity index (χ1v) is 7.28. The van der Waals surface area contributed by atoms with Crippen molar-refractivity contribution in [2.75, 3.05) is 13.1 Å². The first-order chi connectivity index (χ1) is 9.66. The fourth-order valence-corrected chi connectivity index (χ4v) is 2.40. The van der Waals surface area contributed by atoms with Crippen molar-refractivity contribution in [1.82, 2.24) is 10.2 Å². The molecule has 0 bridgehead atoms. The van der Waals surface area contributed by atoms with Crippen molar-refractivity contribution in [2.45, 2.75) is 38.8 Å². The van der Waals surface area contributed by atoms with E-state index >= 15 is 0 Å². The third kappa shape index (κ3) is 4.11. The van der Waals surface area contributed by atoms with E-state index in [1.165, 1.54) is 6.42 Å². The van der Waals surface area contributed by atoms with E-state index in [4.69, 9.17) is 0 Å². The molecule has 1 amide bonds. The smallest absolute Gasteiger partial charge is 0.299 e. The summed E-state index contributed by atoms with van der Waals surface area (Å²) in [6, 6.07) is 10.2. The van der Waals surface area contributed by atoms with Crippen molar-refractivity contribution in [3.8, 4) is 11.8 Å². The molecule has 0 saturated carbocycles. The molecule has 1 fully saturated rings. The fourth-order valence-electron chi connectivity index (χ4n) is 2.40. The lowest BCUT2D eigenvalue weighted by Crippen LogP contribution is -2.44. The van der Waals surface area contributed by atoms with E-state index in [1.807, 2.05) is 49.1 Å². The van der Waals surface area contributed by atoms with Crippen LogP contribution < -0.4 is 5.32 Å². The van der Waals surface area contributed by atoms with Gasteiger partial charge in [0.05, 0.1) is 0 Å². The molecule has 1 saturated heterocycles. The van der Waals surface area contributed by atoms with Gasteiger partial charge in [-0.2, -0.15) is 0 Å². The first kappa shape index (κ1) is 14.6. The lowest BCUT2D eigenvalue weighted by molar-refractivity contribution is -0.127. The van der Waals surface area contributed by atoms with E-state index < -0.39 is 0 Å². The summed E-state index contributed by atoms with van der Waals surface area (Å²) < 4.78 is 0. The van der Waals surface area contributed by atoms with Gasteiger partial charge in [0.2, 0.25) is 0 Å². The molecule has 1 unspecified atom stereocenters. The highest BCUT2D eigenvalue weighted by Crippen LogP contribution is 2.09. The van der Waals surface area contributed by atoms with Gasteiger partial charge in [-0.3, -0.25) is 4.79 Å². The Hall–Kier alpha value is -1.79. The Morgan fingerprint density at radius 3 is 2.75 bits per heavy atom. The molecule has 2 rings (SSSR count). The molecule has 1 aromatic carbocycles. The molecule has 1 aromatic rings. The van der Waals surface area contributed by atoms with Crippen LogP contribution in [-0.2, 0) is 4.79 Å². The van der Waals surface area contributed by atoms with Crippen LogP contribution in [0.15, 0.2) is 30.3 Å². The molecule has 3 heteroatoms. The summed E-state index contributed by atoms with van der Waals surface area (Å²) in [5.41, 5.74) is 0.878. The lowest BCUT2D eigenvalue weighted by atomic mass is 10.2. The Kier molecular flexibility index (Phi) is 5.20. The second kappa shape index (κ2) is 7.12. The van der Waals surface area contributed by atoms with E-state index in [-0.39, 0.29) is 11.9 Å². The second-order valence-electron chi connectivity index (χ2n) is 5.46. The Bertz CT molecular complexity index is 493. The van der Waals surface area contributed by atoms with E-state index in [0.717, 1.165) is 25.1 Å². The van der Waals surface area contributed by atoms with Gasteiger partial charge in [-0.15, -0.1) is 0 Å². The van der Waals surface area contributed by atoms with Crippen molar-refractivity contribution in [3.05, 3.63) is 35.9 Å². The largest absolute Gasteiger partial charge is 0.328 e. The maximum atomic E-state index is 12.3. The maximum Gasteiger partial charge on any atom is 0.299 e. The number of hydrogen-bond acceptors (Lipinski definition) is 2. The van der Waals surface area contributed by atoms with Crippen LogP contribution in [0.25, 0.3) is 0 Å². The quantitative estimate of drug-likeness (QED) is 0.852. The monoisotopic (exact) mass is 270 g/mol. The minimum atomic E-state index is -0.0856. The van der Waals surface area contributed by atoms with Crippen molar-refractivity contribution in [3.63, 3.8) is 0 Å². The van der Waals surface area contributed by atoms with Crippen molar-refractivity contribution < 1.29 is 4.79 Å². The molecular weight excluding hydrogens is 248 g/mol. The van der Waals surface area contributed by atoms with Gasteiger partial charge in [-0.05, 0) is 45.4 Å². The summed E-state index contributed by atoms with van der Waals surface area (Å²) in [5.74, 6) is 5.62. The molecular formula is C17H22N2O. The summed E-state index contributed by atoms with van der Waals surface area (Å²) >= 11 is 0. The molecule has 1 atom stereocenters. The van der Waals surface area contributed by atoms with Crippen LogP contribution in [0.1, 0.15) is 32.3 Å². The number of rotatable bonds is 3. The lowest BCUT2D eigenvalue weighted by Gasteiger charge is -2.27. The number of hydrogen-bond donors (Lipinski definition) is 1. The molecule has 20 heavy (non-hydrogen) atoms. The van der Waals surface area contributed by atoms with Gasteiger partial charge < -0.3 is 10.2 Å². The van der Waals surface area contributed by atoms with E-state index in [2.05, 4.69) is 17.2 Å². The number of nitrogens with one attached hydrogen (secondary N) is 1. The van der Waals surface area contributed by atoms with E-state index in [0.29, 0.717) is 6.04 Å². The van der Waals surface area contributed by atoms with Gasteiger partial charge in [-0.1, -0.05) is 24.1 Å². The molecule has 106 valence electrons. The van der Waals surface area contributed by atoms with Crippen LogP contribution in [-0.4, -0.2) is 36.0 Å². The van der Waals surface area contributed by atoms with Gasteiger partial charge in [0, 0.05) is 30.1 Å². The molecule has 1 N–H and O–H groups in total. The fraction of sp³-hybridized carbons (Fsp3) is 0.471. The van der Waals surface area contributed by atoms with Crippen LogP contribution in [0.5, 0.6) is 0 Å². The van der Waals surface area contributed by atoms with E-state index in [9.17, 15) is 4.79 Å². The van der Waals surface area contributed by atoms with Crippen LogP contribution in [0.2, 0.25) is 0 Å². The molecule has 1 aliphatic rings. The Labute approximate surface area is 121 Å². The zero-order chi connectivity index (χ0) is 14.4. The molecule has 0 aromatic heterocycles. The van der Waals surface area contributed by atoms with Crippen LogP contribution in [0, 0.1) is 11.8 Å². The number of benzene rings is 1. The summed E-state index contributed by atoms with van der Waals surface area (Å²) in [5, 5.41) is 3.43. The normalized spacial score (nSPS) is 17.6. The SMILES string of the molecule is CC(C)N(CC1CCCN1)C(=O)C#Cc1ccccc1. The van der Waals surface area contributed by atoms with Crippen molar-refractivity contribution >= 4 is 5.91 Å². The third-order valence-electron chi connectivity index (χ3n) is 3.55. The highest BCUT2D eigenvalue weighted by molar-refractivity contribution is 5.94. The van der Waals surface area contributed by atoms with Gasteiger partial charge in [-0.25, -0.2) is 0 Å². The van der Waals surface area contributed by atoms with Gasteiger partial charge in [0.1, 0.15) is 0 Å². The first-order valence-electron chi connectivity index (χ1n) is 7.28. The van der Waals surface area contributed by atoms with Gasteiger partial charge in [0.25, 0.3) is 5.91 Å². The van der Waals surface area contributed by atoms with Crippen LogP contribution in [0.3, 0.4) is 0 Å².